The largest absolute Gasteiger partial charge is 0.385 e. The lowest BCUT2D eigenvalue weighted by Crippen LogP contribution is -2.34. The lowest BCUT2D eigenvalue weighted by atomic mass is 10.2. The van der Waals surface area contributed by atoms with Gasteiger partial charge in [0.2, 0.25) is 10.0 Å². The highest BCUT2D eigenvalue weighted by Crippen LogP contribution is 2.20. The van der Waals surface area contributed by atoms with Crippen LogP contribution in [0, 0.1) is 0 Å². The van der Waals surface area contributed by atoms with Crippen molar-refractivity contribution >= 4 is 15.7 Å². The molecule has 0 spiro atoms. The molecule has 0 amide bonds. The first-order chi connectivity index (χ1) is 9.55. The third kappa shape index (κ3) is 4.77. The predicted molar refractivity (Wildman–Crippen MR) is 82.3 cm³/mol. The summed E-state index contributed by atoms with van der Waals surface area (Å²) in [4.78, 5) is 0. The monoisotopic (exact) mass is 300 g/mol. The molecule has 6 heteroatoms. The Morgan fingerprint density at radius 1 is 1.25 bits per heavy atom. The number of sulfonamides is 1. The van der Waals surface area contributed by atoms with Gasteiger partial charge in [-0.3, -0.25) is 4.31 Å². The van der Waals surface area contributed by atoms with E-state index in [2.05, 4.69) is 0 Å². The Morgan fingerprint density at radius 3 is 2.40 bits per heavy atom. The molecular weight excluding hydrogens is 276 g/mol. The molecule has 0 saturated carbocycles. The Bertz CT molecular complexity index is 486. The summed E-state index contributed by atoms with van der Waals surface area (Å²) >= 11 is 0. The van der Waals surface area contributed by atoms with Gasteiger partial charge < -0.3 is 10.5 Å². The summed E-state index contributed by atoms with van der Waals surface area (Å²) in [6.45, 7) is 3.35. The summed E-state index contributed by atoms with van der Waals surface area (Å²) in [5, 5.41) is 0. The first-order valence-electron chi connectivity index (χ1n) is 6.83. The zero-order valence-electron chi connectivity index (χ0n) is 12.2. The minimum Gasteiger partial charge on any atom is -0.385 e. The molecule has 0 unspecified atom stereocenters. The number of ether oxygens (including phenoxy) is 1. The van der Waals surface area contributed by atoms with E-state index in [9.17, 15) is 8.42 Å². The van der Waals surface area contributed by atoms with Crippen LogP contribution in [0.25, 0.3) is 0 Å². The molecule has 1 aromatic rings. The van der Waals surface area contributed by atoms with Crippen LogP contribution < -0.4 is 10.0 Å². The van der Waals surface area contributed by atoms with Gasteiger partial charge in [-0.1, -0.05) is 19.1 Å². The minimum absolute atomic E-state index is 0.0967. The molecule has 0 aromatic heterocycles. The SMILES string of the molecule is CCCN(c1ccc(CN)cc1)S(=O)(=O)CCCOC. The second-order valence-electron chi connectivity index (χ2n) is 4.61. The molecule has 5 nitrogen and oxygen atoms in total. The van der Waals surface area contributed by atoms with Gasteiger partial charge in [0, 0.05) is 26.8 Å². The predicted octanol–water partition coefficient (Wildman–Crippen LogP) is 1.73. The fraction of sp³-hybridized carbons (Fsp3) is 0.571. The minimum atomic E-state index is -3.31. The molecule has 0 bridgehead atoms. The summed E-state index contributed by atoms with van der Waals surface area (Å²) in [5.74, 6) is 0.0967. The molecular formula is C14H24N2O3S. The van der Waals surface area contributed by atoms with E-state index in [1.165, 1.54) is 4.31 Å². The smallest absolute Gasteiger partial charge is 0.235 e. The molecule has 0 aliphatic rings. The van der Waals surface area contributed by atoms with Gasteiger partial charge in [-0.25, -0.2) is 8.42 Å². The number of anilines is 1. The average molecular weight is 300 g/mol. The zero-order chi connectivity index (χ0) is 15.0. The van der Waals surface area contributed by atoms with E-state index in [0.29, 0.717) is 31.8 Å². The summed E-state index contributed by atoms with van der Waals surface area (Å²) in [5.41, 5.74) is 7.24. The summed E-state index contributed by atoms with van der Waals surface area (Å²) in [7, 11) is -1.74. The number of methoxy groups -OCH3 is 1. The van der Waals surface area contributed by atoms with E-state index >= 15 is 0 Å². The highest BCUT2D eigenvalue weighted by Gasteiger charge is 2.21. The Labute approximate surface area is 121 Å². The number of benzene rings is 1. The van der Waals surface area contributed by atoms with Crippen LogP contribution in [-0.2, 0) is 21.3 Å². The maximum absolute atomic E-state index is 12.4. The van der Waals surface area contributed by atoms with E-state index < -0.39 is 10.0 Å². The molecule has 0 aliphatic heterocycles. The van der Waals surface area contributed by atoms with E-state index in [4.69, 9.17) is 10.5 Å². The van der Waals surface area contributed by atoms with Gasteiger partial charge in [0.05, 0.1) is 11.4 Å². The van der Waals surface area contributed by atoms with Crippen molar-refractivity contribution in [1.82, 2.24) is 0 Å². The van der Waals surface area contributed by atoms with Gasteiger partial charge in [0.25, 0.3) is 0 Å². The van der Waals surface area contributed by atoms with E-state index in [1.807, 2.05) is 31.2 Å². The standard InChI is InChI=1S/C14H24N2O3S/c1-3-9-16(20(17,18)11-4-10-19-2)14-7-5-13(12-15)6-8-14/h5-8H,3-4,9-12,15H2,1-2H3. The molecule has 20 heavy (non-hydrogen) atoms. The van der Waals surface area contributed by atoms with Crippen molar-refractivity contribution in [1.29, 1.82) is 0 Å². The molecule has 1 aromatic carbocycles. The van der Waals surface area contributed by atoms with Crippen molar-refractivity contribution in [3.63, 3.8) is 0 Å². The number of nitrogens with two attached hydrogens (primary N) is 1. The highest BCUT2D eigenvalue weighted by atomic mass is 32.2. The lowest BCUT2D eigenvalue weighted by Gasteiger charge is -2.24. The van der Waals surface area contributed by atoms with Crippen molar-refractivity contribution in [2.45, 2.75) is 26.3 Å². The Morgan fingerprint density at radius 2 is 1.90 bits per heavy atom. The molecule has 0 heterocycles. The van der Waals surface area contributed by atoms with E-state index in [-0.39, 0.29) is 5.75 Å². The first kappa shape index (κ1) is 16.9. The molecule has 114 valence electrons. The molecule has 1 rings (SSSR count). The quantitative estimate of drug-likeness (QED) is 0.705. The third-order valence-corrected chi connectivity index (χ3v) is 4.84. The van der Waals surface area contributed by atoms with Crippen molar-refractivity contribution in [2.24, 2.45) is 5.73 Å². The van der Waals surface area contributed by atoms with Gasteiger partial charge in [0.1, 0.15) is 0 Å². The van der Waals surface area contributed by atoms with Crippen LogP contribution in [0.4, 0.5) is 5.69 Å². The Hall–Kier alpha value is -1.11. The molecule has 2 N–H and O–H groups in total. The Kier molecular flexibility index (Phi) is 6.98. The van der Waals surface area contributed by atoms with E-state index in [1.54, 1.807) is 7.11 Å². The van der Waals surface area contributed by atoms with Crippen molar-refractivity contribution in [3.8, 4) is 0 Å². The molecule has 0 radical (unpaired) electrons. The highest BCUT2D eigenvalue weighted by molar-refractivity contribution is 7.92. The van der Waals surface area contributed by atoms with Crippen molar-refractivity contribution < 1.29 is 13.2 Å². The van der Waals surface area contributed by atoms with Crippen LogP contribution in [0.2, 0.25) is 0 Å². The number of hydrogen-bond donors (Lipinski definition) is 1. The maximum Gasteiger partial charge on any atom is 0.235 e. The van der Waals surface area contributed by atoms with Crippen LogP contribution in [0.5, 0.6) is 0 Å². The fourth-order valence-corrected chi connectivity index (χ4v) is 3.53. The lowest BCUT2D eigenvalue weighted by molar-refractivity contribution is 0.199. The average Bonchev–Trinajstić information content (AvgIpc) is 2.45. The van der Waals surface area contributed by atoms with Crippen LogP contribution in [0.3, 0.4) is 0 Å². The second kappa shape index (κ2) is 8.24. The van der Waals surface area contributed by atoms with Gasteiger partial charge in [-0.05, 0) is 30.5 Å². The van der Waals surface area contributed by atoms with Crippen LogP contribution in [0.1, 0.15) is 25.3 Å². The fourth-order valence-electron chi connectivity index (χ4n) is 1.93. The molecule has 0 atom stereocenters. The normalized spacial score (nSPS) is 11.6. The van der Waals surface area contributed by atoms with Crippen LogP contribution in [-0.4, -0.2) is 34.4 Å². The van der Waals surface area contributed by atoms with Crippen LogP contribution >= 0.6 is 0 Å². The first-order valence-corrected chi connectivity index (χ1v) is 8.44. The van der Waals surface area contributed by atoms with Gasteiger partial charge in [-0.2, -0.15) is 0 Å². The molecule has 0 aliphatic carbocycles. The van der Waals surface area contributed by atoms with Gasteiger partial charge in [0.15, 0.2) is 0 Å². The second-order valence-corrected chi connectivity index (χ2v) is 6.62. The topological polar surface area (TPSA) is 72.6 Å². The zero-order valence-corrected chi connectivity index (χ0v) is 13.0. The van der Waals surface area contributed by atoms with Crippen molar-refractivity contribution in [3.05, 3.63) is 29.8 Å². The van der Waals surface area contributed by atoms with Gasteiger partial charge >= 0.3 is 0 Å². The molecule has 0 fully saturated rings. The van der Waals surface area contributed by atoms with E-state index in [0.717, 1.165) is 12.0 Å². The number of hydrogen-bond acceptors (Lipinski definition) is 4. The summed E-state index contributed by atoms with van der Waals surface area (Å²) < 4.78 is 31.2. The van der Waals surface area contributed by atoms with Crippen molar-refractivity contribution in [2.75, 3.05) is 30.3 Å². The summed E-state index contributed by atoms with van der Waals surface area (Å²) in [6, 6.07) is 7.35. The van der Waals surface area contributed by atoms with Gasteiger partial charge in [-0.15, -0.1) is 0 Å². The number of rotatable bonds is 9. The number of nitrogens with zero attached hydrogens (tertiary/aromatic N) is 1. The maximum atomic E-state index is 12.4. The van der Waals surface area contributed by atoms with Crippen LogP contribution in [0.15, 0.2) is 24.3 Å². The third-order valence-electron chi connectivity index (χ3n) is 2.97. The Balaban J connectivity index is 2.91. The summed E-state index contributed by atoms with van der Waals surface area (Å²) in [6.07, 6.45) is 1.27. The molecule has 0 saturated heterocycles.